The van der Waals surface area contributed by atoms with Crippen LogP contribution in [-0.4, -0.2) is 88.6 Å². The molecule has 0 unspecified atom stereocenters. The lowest BCUT2D eigenvalue weighted by atomic mass is 10.0. The molecular weight excluding hydrogens is 552 g/mol. The zero-order valence-corrected chi connectivity index (χ0v) is 22.8. The number of carbonyl (C=O) groups excluding carboxylic acids is 5. The molecule has 42 heavy (non-hydrogen) atoms. The normalized spacial score (nSPS) is 12.6. The Hall–Kier alpha value is -5.18. The second-order valence-corrected chi connectivity index (χ2v) is 9.31. The van der Waals surface area contributed by atoms with Gasteiger partial charge in [-0.1, -0.05) is 24.3 Å². The van der Waals surface area contributed by atoms with Crippen molar-refractivity contribution >= 4 is 35.5 Å². The molecule has 0 aliphatic heterocycles. The van der Waals surface area contributed by atoms with E-state index in [2.05, 4.69) is 26.6 Å². The third-order valence-corrected chi connectivity index (χ3v) is 5.80. The van der Waals surface area contributed by atoms with Crippen LogP contribution in [0.1, 0.15) is 18.1 Å². The SMILES string of the molecule is C[C@H](NC(=O)CNC(=O)[C@H](Cc1ccc(O)cc1)NC(=O)CNC(=O)CNC(=O)[C@@H](N)Cc1ccc(O)cc1)C(=O)O. The molecule has 0 bridgehead atoms. The molecule has 2 aromatic carbocycles. The molecule has 0 aliphatic rings. The van der Waals surface area contributed by atoms with Crippen LogP contribution in [0.5, 0.6) is 11.5 Å². The van der Waals surface area contributed by atoms with Gasteiger partial charge in [0.05, 0.1) is 25.7 Å². The Morgan fingerprint density at radius 1 is 0.667 bits per heavy atom. The van der Waals surface area contributed by atoms with E-state index >= 15 is 0 Å². The summed E-state index contributed by atoms with van der Waals surface area (Å²) in [6.45, 7) is -0.299. The molecule has 15 nitrogen and oxygen atoms in total. The fourth-order valence-corrected chi connectivity index (χ4v) is 3.49. The van der Waals surface area contributed by atoms with E-state index in [0.29, 0.717) is 11.1 Å². The molecule has 0 saturated carbocycles. The molecule has 0 radical (unpaired) electrons. The number of benzene rings is 2. The first-order valence-electron chi connectivity index (χ1n) is 12.8. The predicted molar refractivity (Wildman–Crippen MR) is 148 cm³/mol. The molecule has 0 fully saturated rings. The second kappa shape index (κ2) is 16.2. The summed E-state index contributed by atoms with van der Waals surface area (Å²) in [7, 11) is 0. The number of aliphatic carboxylic acids is 1. The molecule has 2 rings (SSSR count). The highest BCUT2D eigenvalue weighted by Crippen LogP contribution is 2.12. The van der Waals surface area contributed by atoms with Crippen molar-refractivity contribution in [3.05, 3.63) is 59.7 Å². The molecule has 226 valence electrons. The highest BCUT2D eigenvalue weighted by atomic mass is 16.4. The lowest BCUT2D eigenvalue weighted by Crippen LogP contribution is -2.53. The molecular formula is C27H34N6O9. The van der Waals surface area contributed by atoms with E-state index in [0.717, 1.165) is 0 Å². The number of hydrogen-bond donors (Lipinski definition) is 9. The molecule has 5 amide bonds. The molecule has 0 aromatic heterocycles. The summed E-state index contributed by atoms with van der Waals surface area (Å²) in [5, 5.41) is 39.3. The maximum atomic E-state index is 12.8. The number of phenols is 2. The zero-order valence-electron chi connectivity index (χ0n) is 22.8. The summed E-state index contributed by atoms with van der Waals surface area (Å²) >= 11 is 0. The number of carboxylic acids is 1. The highest BCUT2D eigenvalue weighted by Gasteiger charge is 2.23. The molecule has 0 spiro atoms. The Bertz CT molecular complexity index is 1270. The first-order chi connectivity index (χ1) is 19.8. The molecule has 2 aromatic rings. The Kier molecular flexibility index (Phi) is 12.7. The zero-order chi connectivity index (χ0) is 31.2. The van der Waals surface area contributed by atoms with E-state index in [1.54, 1.807) is 12.1 Å². The molecule has 15 heteroatoms. The van der Waals surface area contributed by atoms with Crippen LogP contribution in [0.3, 0.4) is 0 Å². The molecule has 0 heterocycles. The Morgan fingerprint density at radius 3 is 1.67 bits per heavy atom. The third kappa shape index (κ3) is 11.9. The van der Waals surface area contributed by atoms with E-state index in [1.807, 2.05) is 0 Å². The number of carboxylic acid groups (broad SMARTS) is 1. The Labute approximate surface area is 240 Å². The van der Waals surface area contributed by atoms with Crippen molar-refractivity contribution in [3.63, 3.8) is 0 Å². The van der Waals surface area contributed by atoms with E-state index in [4.69, 9.17) is 10.8 Å². The fraction of sp³-hybridized carbons (Fsp3) is 0.333. The van der Waals surface area contributed by atoms with Crippen LogP contribution in [0.25, 0.3) is 0 Å². The van der Waals surface area contributed by atoms with Gasteiger partial charge in [-0.15, -0.1) is 0 Å². The minimum absolute atomic E-state index is 0.0101. The van der Waals surface area contributed by atoms with E-state index < -0.39 is 73.3 Å². The molecule has 0 aliphatic carbocycles. The summed E-state index contributed by atoms with van der Waals surface area (Å²) < 4.78 is 0. The number of aromatic hydroxyl groups is 2. The van der Waals surface area contributed by atoms with E-state index in [-0.39, 0.29) is 24.3 Å². The number of phenolic OH excluding ortho intramolecular Hbond substituents is 2. The van der Waals surface area contributed by atoms with Crippen LogP contribution in [0.4, 0.5) is 0 Å². The quantitative estimate of drug-likeness (QED) is 0.107. The van der Waals surface area contributed by atoms with Crippen molar-refractivity contribution in [3.8, 4) is 11.5 Å². The van der Waals surface area contributed by atoms with Gasteiger partial charge in [-0.2, -0.15) is 0 Å². The van der Waals surface area contributed by atoms with Gasteiger partial charge in [-0.25, -0.2) is 0 Å². The fourth-order valence-electron chi connectivity index (χ4n) is 3.49. The first-order valence-corrected chi connectivity index (χ1v) is 12.8. The van der Waals surface area contributed by atoms with Crippen molar-refractivity contribution in [2.45, 2.75) is 37.9 Å². The molecule has 0 saturated heterocycles. The van der Waals surface area contributed by atoms with Crippen molar-refractivity contribution in [1.82, 2.24) is 26.6 Å². The summed E-state index contributed by atoms with van der Waals surface area (Å²) in [6.07, 6.45) is 0.134. The van der Waals surface area contributed by atoms with Gasteiger partial charge >= 0.3 is 5.97 Å². The number of amides is 5. The van der Waals surface area contributed by atoms with E-state index in [9.17, 15) is 39.0 Å². The predicted octanol–water partition coefficient (Wildman–Crippen LogP) is -2.37. The maximum absolute atomic E-state index is 12.8. The topological polar surface area (TPSA) is 249 Å². The van der Waals surface area contributed by atoms with Crippen LogP contribution >= 0.6 is 0 Å². The maximum Gasteiger partial charge on any atom is 0.325 e. The van der Waals surface area contributed by atoms with E-state index in [1.165, 1.54) is 43.3 Å². The number of rotatable bonds is 15. The monoisotopic (exact) mass is 586 g/mol. The van der Waals surface area contributed by atoms with Crippen LogP contribution in [0.15, 0.2) is 48.5 Å². The summed E-state index contributed by atoms with van der Waals surface area (Å²) in [6, 6.07) is 8.63. The number of nitrogens with one attached hydrogen (secondary N) is 5. The van der Waals surface area contributed by atoms with Crippen LogP contribution < -0.4 is 32.3 Å². The average molecular weight is 587 g/mol. The van der Waals surface area contributed by atoms with Crippen LogP contribution in [0, 0.1) is 0 Å². The lowest BCUT2D eigenvalue weighted by molar-refractivity contribution is -0.141. The Balaban J connectivity index is 1.86. The van der Waals surface area contributed by atoms with Crippen LogP contribution in [-0.2, 0) is 41.6 Å². The standard InChI is InChI=1S/C27H34N6O9/c1-15(27(41)42)32-23(37)14-31-26(40)21(11-17-4-8-19(35)9-5-17)33-24(38)13-29-22(36)12-30-25(39)20(28)10-16-2-6-18(34)7-3-16/h2-9,15,20-21,34-35H,10-14,28H2,1H3,(H,29,36)(H,30,39)(H,31,40)(H,32,37)(H,33,38)(H,41,42)/t15-,20-,21-/m0/s1. The average Bonchev–Trinajstić information content (AvgIpc) is 2.95. The van der Waals surface area contributed by atoms with Gasteiger partial charge in [0, 0.05) is 6.42 Å². The summed E-state index contributed by atoms with van der Waals surface area (Å²) in [5.74, 6) is -4.76. The van der Waals surface area contributed by atoms with Gasteiger partial charge < -0.3 is 47.6 Å². The van der Waals surface area contributed by atoms with Gasteiger partial charge in [0.1, 0.15) is 23.6 Å². The van der Waals surface area contributed by atoms with Gasteiger partial charge in [0.15, 0.2) is 0 Å². The number of carbonyl (C=O) groups is 6. The van der Waals surface area contributed by atoms with Gasteiger partial charge in [0.2, 0.25) is 29.5 Å². The minimum atomic E-state index is -1.26. The first kappa shape index (κ1) is 33.0. The van der Waals surface area contributed by atoms with Crippen molar-refractivity contribution in [2.75, 3.05) is 19.6 Å². The van der Waals surface area contributed by atoms with Gasteiger partial charge in [-0.05, 0) is 48.7 Å². The van der Waals surface area contributed by atoms with Crippen molar-refractivity contribution in [1.29, 1.82) is 0 Å². The molecule has 3 atom stereocenters. The van der Waals surface area contributed by atoms with Crippen LogP contribution in [0.2, 0.25) is 0 Å². The van der Waals surface area contributed by atoms with Gasteiger partial charge in [0.25, 0.3) is 0 Å². The number of nitrogens with two attached hydrogens (primary N) is 1. The third-order valence-electron chi connectivity index (χ3n) is 5.80. The molecule has 10 N–H and O–H groups in total. The minimum Gasteiger partial charge on any atom is -0.508 e. The summed E-state index contributed by atoms with van der Waals surface area (Å²) in [4.78, 5) is 72.5. The largest absolute Gasteiger partial charge is 0.508 e. The van der Waals surface area contributed by atoms with Gasteiger partial charge in [-0.3, -0.25) is 28.8 Å². The second-order valence-electron chi connectivity index (χ2n) is 9.31. The summed E-state index contributed by atoms with van der Waals surface area (Å²) in [5.41, 5.74) is 7.13. The number of hydrogen-bond acceptors (Lipinski definition) is 9. The lowest BCUT2D eigenvalue weighted by Gasteiger charge is -2.19. The smallest absolute Gasteiger partial charge is 0.325 e. The highest BCUT2D eigenvalue weighted by molar-refractivity contribution is 5.93. The van der Waals surface area contributed by atoms with Crippen molar-refractivity contribution < 1.29 is 44.1 Å². The Morgan fingerprint density at radius 2 is 1.12 bits per heavy atom. The van der Waals surface area contributed by atoms with Crippen molar-refractivity contribution in [2.24, 2.45) is 5.73 Å².